The molecule has 0 heterocycles. The summed E-state index contributed by atoms with van der Waals surface area (Å²) in [5.74, 6) is 1.64. The average Bonchev–Trinajstić information content (AvgIpc) is 3.97. The molecule has 5 aromatic carbocycles. The molecule has 0 unspecified atom stereocenters. The molecule has 0 bridgehead atoms. The van der Waals surface area contributed by atoms with Gasteiger partial charge in [0.2, 0.25) is 0 Å². The van der Waals surface area contributed by atoms with E-state index >= 15 is 0 Å². The molecule has 53 heavy (non-hydrogen) atoms. The molecular weight excluding hydrogens is 722 g/mol. The molecule has 3 nitrogen and oxygen atoms in total. The SMILES string of the molecule is CC(C)c1cccc(C(C)C)c1[N-]C(=C(C(=NC1CCCCC1)[N-]C1CCCCC1)c1ccccc1)c1ccccc1.[Zr].[cH-]1[cH-][cH-][cH-][cH-]1.c1cc[cH-]c1. The normalized spacial score (nSPS) is 15.6. The minimum atomic E-state index is 0. The second kappa shape index (κ2) is 23.1. The van der Waals surface area contributed by atoms with E-state index in [1.165, 1.54) is 49.7 Å². The molecule has 0 radical (unpaired) electrons. The number of hydrogen-bond donors (Lipinski definition) is 0. The Kier molecular flexibility index (Phi) is 18.3. The molecule has 2 aliphatic rings. The van der Waals surface area contributed by atoms with Crippen molar-refractivity contribution < 1.29 is 26.2 Å². The summed E-state index contributed by atoms with van der Waals surface area (Å²) in [4.78, 5) is 5.54. The fourth-order valence-electron chi connectivity index (χ4n) is 7.16. The van der Waals surface area contributed by atoms with E-state index < -0.39 is 0 Å². The largest absolute Gasteiger partial charge is 0.748 e. The molecule has 0 spiro atoms. The maximum Gasteiger partial charge on any atom is 0 e. The van der Waals surface area contributed by atoms with Crippen molar-refractivity contribution in [1.29, 1.82) is 0 Å². The van der Waals surface area contributed by atoms with Crippen molar-refractivity contribution in [3.63, 3.8) is 0 Å². The summed E-state index contributed by atoms with van der Waals surface area (Å²) in [6.45, 7) is 9.10. The van der Waals surface area contributed by atoms with Crippen LogP contribution in [0.5, 0.6) is 0 Å². The number of hydrogen-bond acceptors (Lipinski definition) is 1. The van der Waals surface area contributed by atoms with Gasteiger partial charge in [-0.25, -0.2) is 12.1 Å². The Morgan fingerprint density at radius 3 is 1.55 bits per heavy atom. The molecule has 0 N–H and O–H groups in total. The molecule has 2 aliphatic carbocycles. The fraction of sp³-hybridized carbons (Fsp3) is 0.367. The molecule has 282 valence electrons. The van der Waals surface area contributed by atoms with Crippen LogP contribution in [-0.2, 0) is 26.2 Å². The van der Waals surface area contributed by atoms with Gasteiger partial charge in [-0.1, -0.05) is 188 Å². The Morgan fingerprint density at radius 1 is 0.585 bits per heavy atom. The molecule has 2 saturated carbocycles. The van der Waals surface area contributed by atoms with Gasteiger partial charge in [-0.3, -0.25) is 0 Å². The number of para-hydroxylation sites is 1. The van der Waals surface area contributed by atoms with Crippen molar-refractivity contribution in [1.82, 2.24) is 0 Å². The van der Waals surface area contributed by atoms with E-state index in [0.29, 0.717) is 23.9 Å². The Bertz CT molecular complexity index is 1640. The third kappa shape index (κ3) is 13.3. The zero-order valence-electron chi connectivity index (χ0n) is 32.5. The van der Waals surface area contributed by atoms with Crippen LogP contribution >= 0.6 is 0 Å². The molecule has 4 heteroatoms. The number of amidine groups is 1. The van der Waals surface area contributed by atoms with Crippen molar-refractivity contribution in [3.05, 3.63) is 172 Å². The predicted molar refractivity (Wildman–Crippen MR) is 226 cm³/mol. The average molecular weight is 781 g/mol. The zero-order valence-corrected chi connectivity index (χ0v) is 35.0. The van der Waals surface area contributed by atoms with Crippen molar-refractivity contribution in [3.8, 4) is 0 Å². The van der Waals surface area contributed by atoms with Gasteiger partial charge in [0.05, 0.1) is 0 Å². The molecule has 0 aromatic heterocycles. The smallest absolute Gasteiger partial charge is 0 e. The summed E-state index contributed by atoms with van der Waals surface area (Å²) >= 11 is 0. The van der Waals surface area contributed by atoms with Crippen LogP contribution in [0.15, 0.2) is 145 Å². The number of benzene rings is 3. The summed E-state index contributed by atoms with van der Waals surface area (Å²) < 4.78 is 0. The number of nitrogens with zero attached hydrogens (tertiary/aromatic N) is 3. The third-order valence-corrected chi connectivity index (χ3v) is 10.0. The number of aliphatic imine (C=N–C) groups is 1. The van der Waals surface area contributed by atoms with Gasteiger partial charge in [-0.15, -0.1) is 11.4 Å². The monoisotopic (exact) mass is 779 g/mol. The number of rotatable bonds is 9. The van der Waals surface area contributed by atoms with E-state index in [0.717, 1.165) is 59.6 Å². The van der Waals surface area contributed by atoms with Crippen LogP contribution in [0.25, 0.3) is 21.9 Å². The first-order valence-corrected chi connectivity index (χ1v) is 19.8. The summed E-state index contributed by atoms with van der Waals surface area (Å²) in [6, 6.07) is 48.9. The van der Waals surface area contributed by atoms with E-state index in [9.17, 15) is 0 Å². The van der Waals surface area contributed by atoms with Gasteiger partial charge < -0.3 is 46.0 Å². The van der Waals surface area contributed by atoms with Crippen molar-refractivity contribution in [2.75, 3.05) is 0 Å². The van der Waals surface area contributed by atoms with E-state index in [2.05, 4.69) is 107 Å². The quantitative estimate of drug-likeness (QED) is 0.0619. The first kappa shape index (κ1) is 42.0. The molecule has 7 rings (SSSR count). The van der Waals surface area contributed by atoms with E-state index in [-0.39, 0.29) is 26.2 Å². The second-order valence-corrected chi connectivity index (χ2v) is 14.8. The van der Waals surface area contributed by atoms with Gasteiger partial charge in [0.15, 0.2) is 0 Å². The van der Waals surface area contributed by atoms with E-state index in [1.807, 2.05) is 60.7 Å². The fourth-order valence-corrected chi connectivity index (χ4v) is 7.16. The van der Waals surface area contributed by atoms with Gasteiger partial charge in [-0.2, -0.15) is 18.2 Å². The standard InChI is InChI=1S/C39H49N3.2C5H5.Zr/c1-28(2)34-26-17-27-35(29(3)4)38(34)42-37(31-20-11-6-12-21-31)36(30-18-9-5-10-19-30)39(40-32-22-13-7-14-23-32)41-33-24-15-8-16-25-33;2*1-2-4-5-3-1;/h5-6,9-12,17-21,26-29,32-33H,7-8,13-16,22-25H2,1-4H3;2*1-5H;/q-2;-5;-1;. The van der Waals surface area contributed by atoms with E-state index in [1.54, 1.807) is 0 Å². The first-order chi connectivity index (χ1) is 25.5. The molecule has 0 aliphatic heterocycles. The Labute approximate surface area is 340 Å². The van der Waals surface area contributed by atoms with Crippen LogP contribution in [0.1, 0.15) is 126 Å². The molecular formula is C49H59N3Zr-8. The van der Waals surface area contributed by atoms with Crippen molar-refractivity contribution >= 4 is 22.8 Å². The molecule has 0 atom stereocenters. The summed E-state index contributed by atoms with van der Waals surface area (Å²) in [5, 5.41) is 11.2. The summed E-state index contributed by atoms with van der Waals surface area (Å²) in [6.07, 6.45) is 12.3. The Morgan fingerprint density at radius 2 is 1.08 bits per heavy atom. The minimum Gasteiger partial charge on any atom is -0.748 e. The third-order valence-electron chi connectivity index (χ3n) is 10.0. The van der Waals surface area contributed by atoms with Gasteiger partial charge >= 0.3 is 0 Å². The van der Waals surface area contributed by atoms with Gasteiger partial charge in [0, 0.05) is 26.2 Å². The minimum absolute atomic E-state index is 0. The summed E-state index contributed by atoms with van der Waals surface area (Å²) in [5.41, 5.74) is 7.98. The van der Waals surface area contributed by atoms with Gasteiger partial charge in [-0.05, 0) is 40.6 Å². The van der Waals surface area contributed by atoms with Gasteiger partial charge in [0.25, 0.3) is 0 Å². The van der Waals surface area contributed by atoms with Crippen LogP contribution < -0.4 is 0 Å². The van der Waals surface area contributed by atoms with Crippen LogP contribution in [0.3, 0.4) is 0 Å². The summed E-state index contributed by atoms with van der Waals surface area (Å²) in [7, 11) is 0. The van der Waals surface area contributed by atoms with Gasteiger partial charge in [0.1, 0.15) is 0 Å². The van der Waals surface area contributed by atoms with Crippen LogP contribution in [0.4, 0.5) is 5.69 Å². The maximum absolute atomic E-state index is 5.69. The predicted octanol–water partition coefficient (Wildman–Crippen LogP) is 14.8. The van der Waals surface area contributed by atoms with Crippen LogP contribution in [-0.4, -0.2) is 17.9 Å². The molecule has 2 fully saturated rings. The Hall–Kier alpha value is -3.75. The zero-order chi connectivity index (χ0) is 36.4. The van der Waals surface area contributed by atoms with Crippen molar-refractivity contribution in [2.45, 2.75) is 116 Å². The molecule has 0 saturated heterocycles. The van der Waals surface area contributed by atoms with E-state index in [4.69, 9.17) is 15.6 Å². The molecule has 5 aromatic rings. The van der Waals surface area contributed by atoms with Crippen LogP contribution in [0.2, 0.25) is 0 Å². The molecule has 0 amide bonds. The Balaban J connectivity index is 0.000000492. The van der Waals surface area contributed by atoms with Crippen molar-refractivity contribution in [2.24, 2.45) is 4.99 Å². The first-order valence-electron chi connectivity index (χ1n) is 19.8. The topological polar surface area (TPSA) is 40.6 Å². The maximum atomic E-state index is 5.69. The second-order valence-electron chi connectivity index (χ2n) is 14.8. The van der Waals surface area contributed by atoms with Crippen LogP contribution in [0, 0.1) is 0 Å².